The monoisotopic (exact) mass is 247 g/mol. The summed E-state index contributed by atoms with van der Waals surface area (Å²) in [6, 6.07) is 0.462. The van der Waals surface area contributed by atoms with Crippen molar-refractivity contribution in [2.75, 3.05) is 6.54 Å². The molecule has 0 saturated heterocycles. The molecule has 0 aromatic carbocycles. The minimum atomic E-state index is 0.462. The maximum atomic E-state index is 4.39. The average molecular weight is 247 g/mol. The number of hydrogen-bond acceptors (Lipinski definition) is 2. The Morgan fingerprint density at radius 1 is 1.28 bits per heavy atom. The topological polar surface area (TPSA) is 29.9 Å². The molecule has 0 amide bonds. The Balaban J connectivity index is 1.45. The van der Waals surface area contributed by atoms with Crippen LogP contribution in [0.1, 0.15) is 51.1 Å². The first-order chi connectivity index (χ1) is 8.74. The van der Waals surface area contributed by atoms with Gasteiger partial charge in [0.25, 0.3) is 0 Å². The van der Waals surface area contributed by atoms with Gasteiger partial charge in [0.2, 0.25) is 0 Å². The van der Waals surface area contributed by atoms with Gasteiger partial charge in [-0.1, -0.05) is 0 Å². The molecule has 0 aliphatic heterocycles. The van der Waals surface area contributed by atoms with Crippen LogP contribution in [-0.4, -0.2) is 16.3 Å². The second-order valence-electron chi connectivity index (χ2n) is 6.39. The summed E-state index contributed by atoms with van der Waals surface area (Å²) in [6.45, 7) is 6.52. The molecular weight excluding hydrogens is 222 g/mol. The summed E-state index contributed by atoms with van der Waals surface area (Å²) in [4.78, 5) is 0. The molecule has 18 heavy (non-hydrogen) atoms. The summed E-state index contributed by atoms with van der Waals surface area (Å²) < 4.78 is 2.04. The van der Waals surface area contributed by atoms with Crippen molar-refractivity contribution in [1.82, 2.24) is 15.1 Å². The van der Waals surface area contributed by atoms with Crippen LogP contribution in [0.5, 0.6) is 0 Å². The maximum absolute atomic E-state index is 4.39. The Bertz CT molecular complexity index is 376. The van der Waals surface area contributed by atoms with E-state index < -0.39 is 0 Å². The van der Waals surface area contributed by atoms with E-state index in [9.17, 15) is 0 Å². The number of hydrogen-bond donors (Lipinski definition) is 1. The van der Waals surface area contributed by atoms with E-state index >= 15 is 0 Å². The predicted octanol–water partition coefficient (Wildman–Crippen LogP) is 2.99. The van der Waals surface area contributed by atoms with Crippen LogP contribution in [0.4, 0.5) is 0 Å². The van der Waals surface area contributed by atoms with Crippen molar-refractivity contribution in [2.45, 2.75) is 52.1 Å². The highest BCUT2D eigenvalue weighted by atomic mass is 15.3. The molecule has 2 fully saturated rings. The minimum Gasteiger partial charge on any atom is -0.312 e. The number of nitrogens with one attached hydrogen (secondary N) is 1. The van der Waals surface area contributed by atoms with Crippen molar-refractivity contribution in [3.63, 3.8) is 0 Å². The van der Waals surface area contributed by atoms with Gasteiger partial charge in [0.05, 0.1) is 6.20 Å². The van der Waals surface area contributed by atoms with E-state index in [1.807, 2.05) is 10.9 Å². The zero-order valence-electron chi connectivity index (χ0n) is 11.6. The maximum Gasteiger partial charge on any atom is 0.0534 e. The average Bonchev–Trinajstić information content (AvgIpc) is 3.25. The van der Waals surface area contributed by atoms with E-state index in [1.165, 1.54) is 37.8 Å². The van der Waals surface area contributed by atoms with Gasteiger partial charge < -0.3 is 5.32 Å². The largest absolute Gasteiger partial charge is 0.312 e. The first-order valence-corrected chi connectivity index (χ1v) is 7.48. The van der Waals surface area contributed by atoms with Gasteiger partial charge in [-0.2, -0.15) is 5.10 Å². The zero-order chi connectivity index (χ0) is 12.5. The van der Waals surface area contributed by atoms with Gasteiger partial charge in [0, 0.05) is 24.3 Å². The quantitative estimate of drug-likeness (QED) is 0.802. The van der Waals surface area contributed by atoms with Gasteiger partial charge in [0.1, 0.15) is 0 Å². The lowest BCUT2D eigenvalue weighted by atomic mass is 9.98. The van der Waals surface area contributed by atoms with Crippen LogP contribution in [0.3, 0.4) is 0 Å². The van der Waals surface area contributed by atoms with E-state index in [-0.39, 0.29) is 0 Å². The van der Waals surface area contributed by atoms with Crippen LogP contribution in [-0.2, 0) is 6.54 Å². The molecule has 1 heterocycles. The molecule has 3 rings (SSSR count). The highest BCUT2D eigenvalue weighted by molar-refractivity contribution is 5.04. The lowest BCUT2D eigenvalue weighted by Crippen LogP contribution is -2.25. The number of rotatable bonds is 7. The van der Waals surface area contributed by atoms with Crippen LogP contribution < -0.4 is 5.32 Å². The molecule has 3 heteroatoms. The molecule has 1 N–H and O–H groups in total. The van der Waals surface area contributed by atoms with Crippen LogP contribution in [0, 0.1) is 17.8 Å². The molecular formula is C15H25N3. The van der Waals surface area contributed by atoms with Crippen molar-refractivity contribution in [3.05, 3.63) is 18.0 Å². The first kappa shape index (κ1) is 12.2. The van der Waals surface area contributed by atoms with E-state index in [4.69, 9.17) is 0 Å². The Morgan fingerprint density at radius 3 is 2.44 bits per heavy atom. The third kappa shape index (κ3) is 2.94. The smallest absolute Gasteiger partial charge is 0.0534 e. The fraction of sp³-hybridized carbons (Fsp3) is 0.800. The van der Waals surface area contributed by atoms with Crippen LogP contribution >= 0.6 is 0 Å². The van der Waals surface area contributed by atoms with Gasteiger partial charge in [-0.05, 0) is 63.8 Å². The molecule has 1 aromatic rings. The predicted molar refractivity (Wildman–Crippen MR) is 73.3 cm³/mol. The lowest BCUT2D eigenvalue weighted by molar-refractivity contribution is 0.378. The third-order valence-corrected chi connectivity index (χ3v) is 4.35. The van der Waals surface area contributed by atoms with Crippen molar-refractivity contribution in [1.29, 1.82) is 0 Å². The highest BCUT2D eigenvalue weighted by Crippen LogP contribution is 2.48. The molecule has 2 aliphatic rings. The van der Waals surface area contributed by atoms with Gasteiger partial charge >= 0.3 is 0 Å². The summed E-state index contributed by atoms with van der Waals surface area (Å²) >= 11 is 0. The van der Waals surface area contributed by atoms with Crippen LogP contribution in [0.15, 0.2) is 12.4 Å². The number of nitrogens with zero attached hydrogens (tertiary/aromatic N) is 2. The molecule has 0 unspecified atom stereocenters. The Morgan fingerprint density at radius 2 is 1.94 bits per heavy atom. The summed E-state index contributed by atoms with van der Waals surface area (Å²) in [6.07, 6.45) is 10.1. The summed E-state index contributed by atoms with van der Waals surface area (Å²) in [5, 5.41) is 8.03. The summed E-state index contributed by atoms with van der Waals surface area (Å²) in [5.74, 6) is 3.05. The lowest BCUT2D eigenvalue weighted by Gasteiger charge is -2.15. The summed E-state index contributed by atoms with van der Waals surface area (Å²) in [7, 11) is 0. The molecule has 1 aromatic heterocycles. The van der Waals surface area contributed by atoms with Crippen LogP contribution in [0.25, 0.3) is 0 Å². The second kappa shape index (κ2) is 5.04. The SMILES string of the molecule is CC(C)n1cc(CNCC(C2CC2)C2CC2)cn1. The standard InChI is InChI=1S/C15H25N3/c1-11(2)18-10-12(8-17-18)7-16-9-15(13-3-4-13)14-5-6-14/h8,10-11,13-16H,3-7,9H2,1-2H3. The van der Waals surface area contributed by atoms with E-state index in [1.54, 1.807) is 0 Å². The van der Waals surface area contributed by atoms with E-state index in [2.05, 4.69) is 30.5 Å². The Kier molecular flexibility index (Phi) is 3.42. The molecule has 2 saturated carbocycles. The van der Waals surface area contributed by atoms with Crippen molar-refractivity contribution in [2.24, 2.45) is 17.8 Å². The van der Waals surface area contributed by atoms with Gasteiger partial charge in [-0.15, -0.1) is 0 Å². The van der Waals surface area contributed by atoms with Gasteiger partial charge in [0.15, 0.2) is 0 Å². The fourth-order valence-electron chi connectivity index (χ4n) is 2.90. The van der Waals surface area contributed by atoms with Crippen molar-refractivity contribution >= 4 is 0 Å². The molecule has 2 aliphatic carbocycles. The van der Waals surface area contributed by atoms with Crippen molar-refractivity contribution in [3.8, 4) is 0 Å². The normalized spacial score (nSPS) is 20.0. The minimum absolute atomic E-state index is 0.462. The fourth-order valence-corrected chi connectivity index (χ4v) is 2.90. The molecule has 0 bridgehead atoms. The van der Waals surface area contributed by atoms with E-state index in [0.29, 0.717) is 6.04 Å². The highest BCUT2D eigenvalue weighted by Gasteiger charge is 2.40. The van der Waals surface area contributed by atoms with Crippen LogP contribution in [0.2, 0.25) is 0 Å². The molecule has 0 atom stereocenters. The third-order valence-electron chi connectivity index (χ3n) is 4.35. The molecule has 0 spiro atoms. The number of aromatic nitrogens is 2. The second-order valence-corrected chi connectivity index (χ2v) is 6.39. The first-order valence-electron chi connectivity index (χ1n) is 7.48. The van der Waals surface area contributed by atoms with Gasteiger partial charge in [-0.25, -0.2) is 0 Å². The summed E-state index contributed by atoms with van der Waals surface area (Å²) in [5.41, 5.74) is 1.31. The Labute approximate surface area is 110 Å². The Hall–Kier alpha value is -0.830. The zero-order valence-corrected chi connectivity index (χ0v) is 11.6. The van der Waals surface area contributed by atoms with E-state index in [0.717, 1.165) is 24.3 Å². The van der Waals surface area contributed by atoms with Crippen molar-refractivity contribution < 1.29 is 0 Å². The van der Waals surface area contributed by atoms with Gasteiger partial charge in [-0.3, -0.25) is 4.68 Å². The molecule has 0 radical (unpaired) electrons. The molecule has 3 nitrogen and oxygen atoms in total. The molecule has 100 valence electrons.